The predicted octanol–water partition coefficient (Wildman–Crippen LogP) is 2.26. The normalized spacial score (nSPS) is 12.5. The maximum Gasteiger partial charge on any atom is 0.340 e. The fourth-order valence-electron chi connectivity index (χ4n) is 1.53. The lowest BCUT2D eigenvalue weighted by molar-refractivity contribution is 0.0299. The molecule has 1 aromatic rings. The Labute approximate surface area is 95.8 Å². The van der Waals surface area contributed by atoms with Crippen LogP contribution in [0.25, 0.3) is 0 Å². The summed E-state index contributed by atoms with van der Waals surface area (Å²) in [7, 11) is 0. The van der Waals surface area contributed by atoms with Crippen molar-refractivity contribution >= 4 is 11.7 Å². The van der Waals surface area contributed by atoms with Gasteiger partial charge in [0.1, 0.15) is 0 Å². The van der Waals surface area contributed by atoms with Gasteiger partial charge in [-0.05, 0) is 25.3 Å². The molecular weight excluding hydrogens is 204 g/mol. The first kappa shape index (κ1) is 12.5. The van der Waals surface area contributed by atoms with E-state index in [2.05, 4.69) is 18.8 Å². The van der Waals surface area contributed by atoms with Crippen LogP contribution in [0.3, 0.4) is 0 Å². The first-order valence-electron chi connectivity index (χ1n) is 5.40. The first-order valence-corrected chi connectivity index (χ1v) is 5.40. The molecule has 0 radical (unpaired) electrons. The molecule has 0 fully saturated rings. The zero-order valence-corrected chi connectivity index (χ0v) is 9.93. The van der Waals surface area contributed by atoms with Crippen molar-refractivity contribution in [3.05, 3.63) is 24.0 Å². The molecule has 0 aromatic carbocycles. The number of carbonyl (C=O) groups excluding carboxylic acids is 1. The lowest BCUT2D eigenvalue weighted by Gasteiger charge is -2.15. The summed E-state index contributed by atoms with van der Waals surface area (Å²) in [4.78, 5) is 15.5. The molecule has 0 spiro atoms. The van der Waals surface area contributed by atoms with Crippen LogP contribution in [0.1, 0.15) is 37.6 Å². The van der Waals surface area contributed by atoms with E-state index in [9.17, 15) is 4.79 Å². The molecule has 0 aliphatic heterocycles. The van der Waals surface area contributed by atoms with Crippen molar-refractivity contribution in [2.24, 2.45) is 5.92 Å². The van der Waals surface area contributed by atoms with Gasteiger partial charge in [0.05, 0.1) is 17.4 Å². The molecule has 1 aromatic heterocycles. The Balaban J connectivity index is 2.59. The van der Waals surface area contributed by atoms with Crippen LogP contribution in [0.5, 0.6) is 0 Å². The lowest BCUT2D eigenvalue weighted by atomic mass is 10.1. The van der Waals surface area contributed by atoms with Gasteiger partial charge in [0.25, 0.3) is 0 Å². The van der Waals surface area contributed by atoms with Crippen molar-refractivity contribution in [1.82, 2.24) is 4.98 Å². The third kappa shape index (κ3) is 3.88. The van der Waals surface area contributed by atoms with E-state index in [0.717, 1.165) is 6.42 Å². The van der Waals surface area contributed by atoms with Crippen LogP contribution in [-0.2, 0) is 4.74 Å². The number of aromatic nitrogens is 1. The van der Waals surface area contributed by atoms with Gasteiger partial charge in [0.2, 0.25) is 0 Å². The number of esters is 1. The Morgan fingerprint density at radius 2 is 2.12 bits per heavy atom. The molecule has 0 aliphatic carbocycles. The van der Waals surface area contributed by atoms with Gasteiger partial charge in [0.15, 0.2) is 0 Å². The molecule has 0 aliphatic rings. The number of nitrogens with zero attached hydrogens (tertiary/aromatic N) is 1. The summed E-state index contributed by atoms with van der Waals surface area (Å²) < 4.78 is 5.27. The van der Waals surface area contributed by atoms with Gasteiger partial charge < -0.3 is 10.5 Å². The number of nitrogens with two attached hydrogens (primary N) is 1. The van der Waals surface area contributed by atoms with Gasteiger partial charge in [-0.15, -0.1) is 0 Å². The number of pyridine rings is 1. The maximum atomic E-state index is 11.7. The second-order valence-corrected chi connectivity index (χ2v) is 4.35. The monoisotopic (exact) mass is 222 g/mol. The number of rotatable bonds is 4. The van der Waals surface area contributed by atoms with Crippen LogP contribution in [-0.4, -0.2) is 17.1 Å². The maximum absolute atomic E-state index is 11.7. The summed E-state index contributed by atoms with van der Waals surface area (Å²) in [5.74, 6) is 0.134. The number of hydrogen-bond acceptors (Lipinski definition) is 4. The van der Waals surface area contributed by atoms with Crippen LogP contribution in [0.4, 0.5) is 5.69 Å². The summed E-state index contributed by atoms with van der Waals surface area (Å²) in [6.45, 7) is 6.07. The highest BCUT2D eigenvalue weighted by atomic mass is 16.5. The lowest BCUT2D eigenvalue weighted by Crippen LogP contribution is -2.17. The molecule has 88 valence electrons. The van der Waals surface area contributed by atoms with Crippen molar-refractivity contribution in [3.63, 3.8) is 0 Å². The van der Waals surface area contributed by atoms with E-state index in [0.29, 0.717) is 17.2 Å². The van der Waals surface area contributed by atoms with Crippen LogP contribution in [0.15, 0.2) is 18.5 Å². The predicted molar refractivity (Wildman–Crippen MR) is 63.0 cm³/mol. The Kier molecular flexibility index (Phi) is 4.28. The molecule has 1 rings (SSSR count). The quantitative estimate of drug-likeness (QED) is 0.793. The number of ether oxygens (including phenoxy) is 1. The highest BCUT2D eigenvalue weighted by Gasteiger charge is 2.13. The summed E-state index contributed by atoms with van der Waals surface area (Å²) in [5, 5.41) is 0. The molecule has 0 saturated carbocycles. The van der Waals surface area contributed by atoms with E-state index in [-0.39, 0.29) is 12.1 Å². The Bertz CT molecular complexity index is 364. The average Bonchev–Trinajstić information content (AvgIpc) is 2.16. The van der Waals surface area contributed by atoms with Crippen LogP contribution in [0, 0.1) is 5.92 Å². The van der Waals surface area contributed by atoms with Gasteiger partial charge in [-0.25, -0.2) is 4.79 Å². The topological polar surface area (TPSA) is 65.2 Å². The summed E-state index contributed by atoms with van der Waals surface area (Å²) >= 11 is 0. The number of carbonyl (C=O) groups is 1. The molecule has 1 atom stereocenters. The minimum absolute atomic E-state index is 0.0890. The summed E-state index contributed by atoms with van der Waals surface area (Å²) in [6.07, 6.45) is 3.71. The molecular formula is C12H18N2O2. The van der Waals surface area contributed by atoms with E-state index in [1.54, 1.807) is 6.07 Å². The van der Waals surface area contributed by atoms with Gasteiger partial charge >= 0.3 is 5.97 Å². The summed E-state index contributed by atoms with van der Waals surface area (Å²) in [5.41, 5.74) is 6.40. The smallest absolute Gasteiger partial charge is 0.340 e. The molecule has 0 amide bonds. The van der Waals surface area contributed by atoms with Crippen molar-refractivity contribution in [1.29, 1.82) is 0 Å². The van der Waals surface area contributed by atoms with E-state index in [1.165, 1.54) is 12.4 Å². The van der Waals surface area contributed by atoms with E-state index in [1.807, 2.05) is 6.92 Å². The fraction of sp³-hybridized carbons (Fsp3) is 0.500. The van der Waals surface area contributed by atoms with Crippen LogP contribution >= 0.6 is 0 Å². The zero-order valence-electron chi connectivity index (χ0n) is 9.93. The van der Waals surface area contributed by atoms with Crippen LogP contribution < -0.4 is 5.73 Å². The van der Waals surface area contributed by atoms with E-state index in [4.69, 9.17) is 10.5 Å². The van der Waals surface area contributed by atoms with Crippen LogP contribution in [0.2, 0.25) is 0 Å². The third-order valence-corrected chi connectivity index (χ3v) is 2.11. The molecule has 1 unspecified atom stereocenters. The molecule has 16 heavy (non-hydrogen) atoms. The van der Waals surface area contributed by atoms with Crippen molar-refractivity contribution in [2.45, 2.75) is 33.3 Å². The average molecular weight is 222 g/mol. The molecule has 0 bridgehead atoms. The second-order valence-electron chi connectivity index (χ2n) is 4.35. The Hall–Kier alpha value is -1.58. The first-order chi connectivity index (χ1) is 7.49. The highest BCUT2D eigenvalue weighted by Crippen LogP contribution is 2.11. The second kappa shape index (κ2) is 5.49. The van der Waals surface area contributed by atoms with Crippen molar-refractivity contribution in [2.75, 3.05) is 5.73 Å². The molecule has 4 nitrogen and oxygen atoms in total. The van der Waals surface area contributed by atoms with Gasteiger partial charge in [-0.2, -0.15) is 0 Å². The van der Waals surface area contributed by atoms with Gasteiger partial charge in [-0.1, -0.05) is 13.8 Å². The fourth-order valence-corrected chi connectivity index (χ4v) is 1.53. The zero-order chi connectivity index (χ0) is 12.1. The largest absolute Gasteiger partial charge is 0.459 e. The van der Waals surface area contributed by atoms with E-state index >= 15 is 0 Å². The third-order valence-electron chi connectivity index (χ3n) is 2.11. The molecule has 4 heteroatoms. The highest BCUT2D eigenvalue weighted by molar-refractivity contribution is 5.90. The Morgan fingerprint density at radius 1 is 1.44 bits per heavy atom. The van der Waals surface area contributed by atoms with Gasteiger partial charge in [0, 0.05) is 12.4 Å². The number of hydrogen-bond donors (Lipinski definition) is 1. The standard InChI is InChI=1S/C12H18N2O2/c1-8(2)4-9(3)16-12(15)10-5-11(13)7-14-6-10/h5-9H,4,13H2,1-3H3. The van der Waals surface area contributed by atoms with Gasteiger partial charge in [-0.3, -0.25) is 4.98 Å². The minimum Gasteiger partial charge on any atom is -0.459 e. The number of anilines is 1. The SMILES string of the molecule is CC(C)CC(C)OC(=O)c1cncc(N)c1. The molecule has 0 saturated heterocycles. The Morgan fingerprint density at radius 3 is 2.69 bits per heavy atom. The van der Waals surface area contributed by atoms with Crippen molar-refractivity contribution in [3.8, 4) is 0 Å². The minimum atomic E-state index is -0.368. The number of nitrogen functional groups attached to an aromatic ring is 1. The molecule has 2 N–H and O–H groups in total. The van der Waals surface area contributed by atoms with Crippen molar-refractivity contribution < 1.29 is 9.53 Å². The summed E-state index contributed by atoms with van der Waals surface area (Å²) in [6, 6.07) is 1.57. The molecule has 1 heterocycles. The van der Waals surface area contributed by atoms with E-state index < -0.39 is 0 Å².